The number of carbonyl (C=O) groups excluding carboxylic acids is 2. The van der Waals surface area contributed by atoms with Crippen LogP contribution in [0.1, 0.15) is 38.2 Å². The number of ether oxygens (including phenoxy) is 1. The Hall–Kier alpha value is -2.30. The van der Waals surface area contributed by atoms with Crippen molar-refractivity contribution in [3.05, 3.63) is 35.9 Å². The lowest BCUT2D eigenvalue weighted by Crippen LogP contribution is -2.46. The lowest BCUT2D eigenvalue weighted by atomic mass is 10.0. The molecule has 0 N–H and O–H groups in total. The fourth-order valence-electron chi connectivity index (χ4n) is 3.68. The van der Waals surface area contributed by atoms with Gasteiger partial charge >= 0.3 is 0 Å². The normalized spacial score (nSPS) is 19.4. The molecule has 2 amide bonds. The van der Waals surface area contributed by atoms with Crippen molar-refractivity contribution in [1.29, 1.82) is 0 Å². The molecule has 0 bridgehead atoms. The average Bonchev–Trinajstić information content (AvgIpc) is 3.07. The third kappa shape index (κ3) is 4.03. The second kappa shape index (κ2) is 7.72. The van der Waals surface area contributed by atoms with Crippen molar-refractivity contribution in [3.8, 4) is 5.75 Å². The van der Waals surface area contributed by atoms with Crippen molar-refractivity contribution in [2.24, 2.45) is 0 Å². The minimum absolute atomic E-state index is 0.0477. The highest BCUT2D eigenvalue weighted by atomic mass is 16.5. The van der Waals surface area contributed by atoms with Crippen molar-refractivity contribution < 1.29 is 14.3 Å². The number of carbonyl (C=O) groups is 2. The Morgan fingerprint density at radius 3 is 2.64 bits per heavy atom. The van der Waals surface area contributed by atoms with E-state index in [1.807, 2.05) is 41.0 Å². The maximum absolute atomic E-state index is 12.6. The first-order valence-corrected chi connectivity index (χ1v) is 8.99. The van der Waals surface area contributed by atoms with E-state index in [2.05, 4.69) is 0 Å². The van der Waals surface area contributed by atoms with E-state index in [4.69, 9.17) is 4.74 Å². The number of benzene rings is 1. The Morgan fingerprint density at radius 2 is 2.00 bits per heavy atom. The summed E-state index contributed by atoms with van der Waals surface area (Å²) in [6.07, 6.45) is 5.12. The van der Waals surface area contributed by atoms with Crippen LogP contribution < -0.4 is 4.74 Å². The molecule has 0 atom stereocenters. The van der Waals surface area contributed by atoms with Gasteiger partial charge in [0.25, 0.3) is 0 Å². The Kier molecular flexibility index (Phi) is 5.41. The molecule has 2 heterocycles. The number of allylic oxidation sites excluding steroid dienone is 1. The number of nitrogens with zero attached hydrogens (tertiary/aromatic N) is 2. The number of methoxy groups -OCH3 is 1. The van der Waals surface area contributed by atoms with Gasteiger partial charge in [-0.3, -0.25) is 9.59 Å². The van der Waals surface area contributed by atoms with Gasteiger partial charge in [-0.15, -0.1) is 0 Å². The number of rotatable bonds is 4. The molecule has 2 aliphatic heterocycles. The molecular formula is C20H26N2O3. The summed E-state index contributed by atoms with van der Waals surface area (Å²) in [5, 5.41) is 0. The molecule has 0 saturated carbocycles. The summed E-state index contributed by atoms with van der Waals surface area (Å²) in [5.41, 5.74) is 1.92. The quantitative estimate of drug-likeness (QED) is 0.791. The van der Waals surface area contributed by atoms with Gasteiger partial charge in [-0.2, -0.15) is 0 Å². The molecule has 0 aromatic heterocycles. The van der Waals surface area contributed by atoms with Crippen LogP contribution in [0.15, 0.2) is 30.3 Å². The van der Waals surface area contributed by atoms with Crippen LogP contribution in [-0.2, 0) is 9.59 Å². The van der Waals surface area contributed by atoms with Crippen LogP contribution in [0.25, 0.3) is 5.57 Å². The Balaban J connectivity index is 1.59. The Bertz CT molecular complexity index is 675. The highest BCUT2D eigenvalue weighted by Crippen LogP contribution is 2.23. The molecule has 5 heteroatoms. The molecule has 3 rings (SSSR count). The summed E-state index contributed by atoms with van der Waals surface area (Å²) >= 11 is 0. The van der Waals surface area contributed by atoms with Gasteiger partial charge in [0.05, 0.1) is 7.11 Å². The molecule has 5 nitrogen and oxygen atoms in total. The maximum atomic E-state index is 12.6. The van der Waals surface area contributed by atoms with Crippen molar-refractivity contribution >= 4 is 17.4 Å². The van der Waals surface area contributed by atoms with Crippen LogP contribution >= 0.6 is 0 Å². The average molecular weight is 342 g/mol. The zero-order valence-electron chi connectivity index (χ0n) is 15.0. The van der Waals surface area contributed by atoms with Gasteiger partial charge in [-0.25, -0.2) is 0 Å². The fraction of sp³-hybridized carbons (Fsp3) is 0.500. The molecule has 0 unspecified atom stereocenters. The molecule has 0 aliphatic carbocycles. The topological polar surface area (TPSA) is 49.9 Å². The summed E-state index contributed by atoms with van der Waals surface area (Å²) in [7, 11) is 1.64. The van der Waals surface area contributed by atoms with E-state index in [9.17, 15) is 9.59 Å². The minimum atomic E-state index is 0.0477. The summed E-state index contributed by atoms with van der Waals surface area (Å²) < 4.78 is 5.24. The standard InChI is InChI=1S/C20H26N2O3/c1-15(16-5-3-6-18(14-16)25-2)13-20(24)21-11-8-17(9-12-21)22-10-4-7-19(22)23/h3,5-6,13-14,17H,4,7-12H2,1-2H3. The maximum Gasteiger partial charge on any atom is 0.246 e. The molecule has 2 fully saturated rings. The van der Waals surface area contributed by atoms with Gasteiger partial charge in [0.15, 0.2) is 0 Å². The van der Waals surface area contributed by atoms with E-state index in [0.717, 1.165) is 55.8 Å². The largest absolute Gasteiger partial charge is 0.497 e. The van der Waals surface area contributed by atoms with Gasteiger partial charge < -0.3 is 14.5 Å². The number of amides is 2. The number of hydrogen-bond donors (Lipinski definition) is 0. The van der Waals surface area contributed by atoms with Crippen LogP contribution in [0, 0.1) is 0 Å². The van der Waals surface area contributed by atoms with Crippen molar-refractivity contribution in [2.45, 2.75) is 38.6 Å². The van der Waals surface area contributed by atoms with Gasteiger partial charge in [-0.1, -0.05) is 12.1 Å². The first-order valence-electron chi connectivity index (χ1n) is 8.99. The van der Waals surface area contributed by atoms with Gasteiger partial charge in [0, 0.05) is 38.2 Å². The van der Waals surface area contributed by atoms with E-state index in [1.165, 1.54) is 0 Å². The van der Waals surface area contributed by atoms with Gasteiger partial charge in [0.1, 0.15) is 5.75 Å². The summed E-state index contributed by atoms with van der Waals surface area (Å²) in [6.45, 7) is 4.26. The SMILES string of the molecule is COc1cccc(C(C)=CC(=O)N2CCC(N3CCCC3=O)CC2)c1. The van der Waals surface area contributed by atoms with E-state index in [-0.39, 0.29) is 11.8 Å². The van der Waals surface area contributed by atoms with Crippen LogP contribution in [-0.4, -0.2) is 54.4 Å². The highest BCUT2D eigenvalue weighted by molar-refractivity contribution is 5.95. The third-order valence-electron chi connectivity index (χ3n) is 5.19. The van der Waals surface area contributed by atoms with Crippen LogP contribution in [0.3, 0.4) is 0 Å². The van der Waals surface area contributed by atoms with E-state index >= 15 is 0 Å². The first kappa shape index (κ1) is 17.5. The number of likely N-dealkylation sites (tertiary alicyclic amines) is 2. The Labute approximate surface area is 149 Å². The summed E-state index contributed by atoms with van der Waals surface area (Å²) in [4.78, 5) is 28.3. The first-order chi connectivity index (χ1) is 12.1. The lowest BCUT2D eigenvalue weighted by molar-refractivity contribution is -0.132. The molecular weight excluding hydrogens is 316 g/mol. The molecule has 1 aromatic rings. The van der Waals surface area contributed by atoms with Gasteiger partial charge in [0.2, 0.25) is 11.8 Å². The molecule has 25 heavy (non-hydrogen) atoms. The monoisotopic (exact) mass is 342 g/mol. The molecule has 134 valence electrons. The zero-order valence-corrected chi connectivity index (χ0v) is 15.0. The molecule has 1 aromatic carbocycles. The smallest absolute Gasteiger partial charge is 0.246 e. The highest BCUT2D eigenvalue weighted by Gasteiger charge is 2.31. The number of hydrogen-bond acceptors (Lipinski definition) is 3. The lowest BCUT2D eigenvalue weighted by Gasteiger charge is -2.36. The van der Waals surface area contributed by atoms with Crippen LogP contribution in [0.5, 0.6) is 5.75 Å². The summed E-state index contributed by atoms with van der Waals surface area (Å²) in [6, 6.07) is 8.04. The summed E-state index contributed by atoms with van der Waals surface area (Å²) in [5.74, 6) is 1.11. The predicted molar refractivity (Wildman–Crippen MR) is 97.2 cm³/mol. The zero-order chi connectivity index (χ0) is 17.8. The van der Waals surface area contributed by atoms with Gasteiger partial charge in [-0.05, 0) is 49.5 Å². The second-order valence-corrected chi connectivity index (χ2v) is 6.81. The second-order valence-electron chi connectivity index (χ2n) is 6.81. The van der Waals surface area contributed by atoms with E-state index in [1.54, 1.807) is 13.2 Å². The Morgan fingerprint density at radius 1 is 1.24 bits per heavy atom. The third-order valence-corrected chi connectivity index (χ3v) is 5.19. The van der Waals surface area contributed by atoms with Crippen LogP contribution in [0.4, 0.5) is 0 Å². The fourth-order valence-corrected chi connectivity index (χ4v) is 3.68. The molecule has 0 radical (unpaired) electrons. The van der Waals surface area contributed by atoms with Crippen molar-refractivity contribution in [2.75, 3.05) is 26.7 Å². The number of piperidine rings is 1. The van der Waals surface area contributed by atoms with Crippen molar-refractivity contribution in [3.63, 3.8) is 0 Å². The molecule has 2 aliphatic rings. The van der Waals surface area contributed by atoms with Crippen LogP contribution in [0.2, 0.25) is 0 Å². The molecule has 2 saturated heterocycles. The predicted octanol–water partition coefficient (Wildman–Crippen LogP) is 2.71. The van der Waals surface area contributed by atoms with Crippen molar-refractivity contribution in [1.82, 2.24) is 9.80 Å². The van der Waals surface area contributed by atoms with E-state index in [0.29, 0.717) is 12.5 Å². The molecule has 0 spiro atoms. The minimum Gasteiger partial charge on any atom is -0.497 e. The van der Waals surface area contributed by atoms with E-state index < -0.39 is 0 Å².